The maximum Gasteiger partial charge on any atom is 0.271 e. The molecule has 0 spiro atoms. The third kappa shape index (κ3) is 3.39. The molecule has 0 aliphatic heterocycles. The monoisotopic (exact) mass is 256 g/mol. The summed E-state index contributed by atoms with van der Waals surface area (Å²) in [5.74, 6) is -0.247. The van der Waals surface area contributed by atoms with Gasteiger partial charge in [0.25, 0.3) is 5.91 Å². The fourth-order valence-corrected chi connectivity index (χ4v) is 1.76. The molecule has 0 aromatic heterocycles. The number of aliphatic hydroxyl groups excluding tert-OH is 1. The first-order valence-corrected chi connectivity index (χ1v) is 6.14. The van der Waals surface area contributed by atoms with E-state index in [1.807, 2.05) is 36.4 Å². The van der Waals surface area contributed by atoms with Crippen molar-refractivity contribution in [2.45, 2.75) is 13.3 Å². The Morgan fingerprint density at radius 2 is 1.95 bits per heavy atom. The average molecular weight is 256 g/mol. The maximum absolute atomic E-state index is 11.9. The first-order chi connectivity index (χ1) is 9.20. The Morgan fingerprint density at radius 3 is 2.68 bits per heavy atom. The number of nitrogens with one attached hydrogen (secondary N) is 1. The van der Waals surface area contributed by atoms with Crippen LogP contribution in [0.25, 0.3) is 10.8 Å². The van der Waals surface area contributed by atoms with Crippen molar-refractivity contribution >= 4 is 22.4 Å². The predicted molar refractivity (Wildman–Crippen MR) is 76.2 cm³/mol. The summed E-state index contributed by atoms with van der Waals surface area (Å²) in [6, 6.07) is 13.4. The molecule has 0 bridgehead atoms. The standard InChI is InChI=1S/C15H16N2O2/c1-11(8-9-18)16-17-15(19)14-7-6-12-4-2-3-5-13(12)10-14/h2-7,10,18H,8-9H2,1H3,(H,17,19). The molecule has 0 aliphatic carbocycles. The highest BCUT2D eigenvalue weighted by Gasteiger charge is 2.05. The van der Waals surface area contributed by atoms with Gasteiger partial charge < -0.3 is 5.11 Å². The van der Waals surface area contributed by atoms with Gasteiger partial charge in [-0.05, 0) is 29.8 Å². The van der Waals surface area contributed by atoms with Crippen LogP contribution in [0.15, 0.2) is 47.6 Å². The Bertz CT molecular complexity index is 620. The number of hydrogen-bond acceptors (Lipinski definition) is 3. The summed E-state index contributed by atoms with van der Waals surface area (Å²) in [4.78, 5) is 11.9. The topological polar surface area (TPSA) is 61.7 Å². The van der Waals surface area contributed by atoms with E-state index in [2.05, 4.69) is 10.5 Å². The highest BCUT2D eigenvalue weighted by Crippen LogP contribution is 2.15. The number of nitrogens with zero attached hydrogens (tertiary/aromatic N) is 1. The molecule has 0 saturated heterocycles. The van der Waals surface area contributed by atoms with Crippen LogP contribution in [0.1, 0.15) is 23.7 Å². The summed E-state index contributed by atoms with van der Waals surface area (Å²) in [5, 5.41) is 14.8. The molecular weight excluding hydrogens is 240 g/mol. The fourth-order valence-electron chi connectivity index (χ4n) is 1.76. The van der Waals surface area contributed by atoms with Crippen molar-refractivity contribution in [1.29, 1.82) is 0 Å². The van der Waals surface area contributed by atoms with Crippen molar-refractivity contribution in [2.75, 3.05) is 6.61 Å². The summed E-state index contributed by atoms with van der Waals surface area (Å²) in [6.07, 6.45) is 0.456. The Hall–Kier alpha value is -2.20. The second kappa shape index (κ2) is 6.11. The summed E-state index contributed by atoms with van der Waals surface area (Å²) in [6.45, 7) is 1.79. The van der Waals surface area contributed by atoms with Crippen LogP contribution in [-0.2, 0) is 0 Å². The number of hydrazone groups is 1. The van der Waals surface area contributed by atoms with E-state index < -0.39 is 0 Å². The quantitative estimate of drug-likeness (QED) is 0.651. The molecule has 0 heterocycles. The lowest BCUT2D eigenvalue weighted by molar-refractivity contribution is 0.0954. The third-order valence-corrected chi connectivity index (χ3v) is 2.83. The van der Waals surface area contributed by atoms with E-state index in [1.165, 1.54) is 0 Å². The molecule has 0 saturated carbocycles. The van der Waals surface area contributed by atoms with Crippen LogP contribution in [0.4, 0.5) is 0 Å². The molecule has 19 heavy (non-hydrogen) atoms. The zero-order valence-corrected chi connectivity index (χ0v) is 10.8. The van der Waals surface area contributed by atoms with Crippen LogP contribution < -0.4 is 5.43 Å². The minimum Gasteiger partial charge on any atom is -0.396 e. The highest BCUT2D eigenvalue weighted by molar-refractivity contribution is 5.99. The van der Waals surface area contributed by atoms with Gasteiger partial charge in [-0.15, -0.1) is 0 Å². The van der Waals surface area contributed by atoms with Crippen molar-refractivity contribution < 1.29 is 9.90 Å². The molecule has 2 aromatic rings. The van der Waals surface area contributed by atoms with Gasteiger partial charge in [0, 0.05) is 24.3 Å². The van der Waals surface area contributed by atoms with E-state index in [0.717, 1.165) is 10.8 Å². The number of aliphatic hydroxyl groups is 1. The molecule has 2 rings (SSSR count). The summed E-state index contributed by atoms with van der Waals surface area (Å²) < 4.78 is 0. The normalized spacial score (nSPS) is 11.6. The maximum atomic E-state index is 11.9. The van der Waals surface area contributed by atoms with Gasteiger partial charge >= 0.3 is 0 Å². The van der Waals surface area contributed by atoms with Gasteiger partial charge in [-0.25, -0.2) is 5.43 Å². The van der Waals surface area contributed by atoms with Gasteiger partial charge in [0.2, 0.25) is 0 Å². The molecule has 2 aromatic carbocycles. The smallest absolute Gasteiger partial charge is 0.271 e. The van der Waals surface area contributed by atoms with Gasteiger partial charge in [-0.2, -0.15) is 5.10 Å². The Morgan fingerprint density at radius 1 is 1.21 bits per heavy atom. The molecular formula is C15H16N2O2. The molecule has 0 fully saturated rings. The lowest BCUT2D eigenvalue weighted by atomic mass is 10.1. The third-order valence-electron chi connectivity index (χ3n) is 2.83. The van der Waals surface area contributed by atoms with Crippen LogP contribution in [0, 0.1) is 0 Å². The van der Waals surface area contributed by atoms with Gasteiger partial charge in [0.15, 0.2) is 0 Å². The van der Waals surface area contributed by atoms with E-state index in [-0.39, 0.29) is 12.5 Å². The van der Waals surface area contributed by atoms with E-state index in [1.54, 1.807) is 13.0 Å². The number of rotatable bonds is 4. The van der Waals surface area contributed by atoms with E-state index in [0.29, 0.717) is 17.7 Å². The zero-order chi connectivity index (χ0) is 13.7. The molecule has 0 aliphatic rings. The molecule has 0 atom stereocenters. The molecule has 0 radical (unpaired) electrons. The number of amides is 1. The largest absolute Gasteiger partial charge is 0.396 e. The lowest BCUT2D eigenvalue weighted by Gasteiger charge is -2.03. The predicted octanol–water partition coefficient (Wildman–Crippen LogP) is 2.33. The van der Waals surface area contributed by atoms with E-state index in [9.17, 15) is 4.79 Å². The fraction of sp³-hybridized carbons (Fsp3) is 0.200. The Kier molecular flexibility index (Phi) is 4.26. The summed E-state index contributed by atoms with van der Waals surface area (Å²) in [5.41, 5.74) is 3.75. The van der Waals surface area contributed by atoms with Crippen LogP contribution >= 0.6 is 0 Å². The van der Waals surface area contributed by atoms with Crippen LogP contribution in [0.5, 0.6) is 0 Å². The average Bonchev–Trinajstić information content (AvgIpc) is 2.44. The van der Waals surface area contributed by atoms with Crippen LogP contribution in [-0.4, -0.2) is 23.3 Å². The van der Waals surface area contributed by atoms with Crippen molar-refractivity contribution in [3.05, 3.63) is 48.0 Å². The number of fused-ring (bicyclic) bond motifs is 1. The molecule has 2 N–H and O–H groups in total. The Balaban J connectivity index is 2.15. The number of benzene rings is 2. The van der Waals surface area contributed by atoms with Crippen molar-refractivity contribution in [2.24, 2.45) is 5.10 Å². The first kappa shape index (κ1) is 13.2. The minimum atomic E-state index is -0.247. The van der Waals surface area contributed by atoms with Crippen molar-refractivity contribution in [1.82, 2.24) is 5.43 Å². The van der Waals surface area contributed by atoms with E-state index in [4.69, 9.17) is 5.11 Å². The lowest BCUT2D eigenvalue weighted by Crippen LogP contribution is -2.19. The number of hydrogen-bond donors (Lipinski definition) is 2. The molecule has 4 heteroatoms. The second-order valence-corrected chi connectivity index (χ2v) is 4.32. The van der Waals surface area contributed by atoms with Crippen molar-refractivity contribution in [3.63, 3.8) is 0 Å². The van der Waals surface area contributed by atoms with Crippen LogP contribution in [0.2, 0.25) is 0 Å². The second-order valence-electron chi connectivity index (χ2n) is 4.32. The Labute approximate surface area is 111 Å². The first-order valence-electron chi connectivity index (χ1n) is 6.14. The van der Waals surface area contributed by atoms with Crippen molar-refractivity contribution in [3.8, 4) is 0 Å². The molecule has 0 unspecified atom stereocenters. The number of carbonyl (C=O) groups is 1. The molecule has 98 valence electrons. The molecule has 4 nitrogen and oxygen atoms in total. The summed E-state index contributed by atoms with van der Waals surface area (Å²) in [7, 11) is 0. The highest BCUT2D eigenvalue weighted by atomic mass is 16.3. The summed E-state index contributed by atoms with van der Waals surface area (Å²) >= 11 is 0. The van der Waals surface area contributed by atoms with Gasteiger partial charge in [0.1, 0.15) is 0 Å². The van der Waals surface area contributed by atoms with Gasteiger partial charge in [-0.1, -0.05) is 30.3 Å². The van der Waals surface area contributed by atoms with E-state index >= 15 is 0 Å². The molecule has 1 amide bonds. The minimum absolute atomic E-state index is 0.0289. The van der Waals surface area contributed by atoms with Gasteiger partial charge in [0.05, 0.1) is 0 Å². The SMILES string of the molecule is CC(CCO)=NNC(=O)c1ccc2ccccc2c1. The zero-order valence-electron chi connectivity index (χ0n) is 10.8. The van der Waals surface area contributed by atoms with Crippen LogP contribution in [0.3, 0.4) is 0 Å². The van der Waals surface area contributed by atoms with Gasteiger partial charge in [-0.3, -0.25) is 4.79 Å². The number of carbonyl (C=O) groups excluding carboxylic acids is 1.